The maximum atomic E-state index is 11.9. The van der Waals surface area contributed by atoms with E-state index < -0.39 is 0 Å². The minimum atomic E-state index is 0.386. The molecule has 0 saturated heterocycles. The molecule has 1 rings (SSSR count). The highest BCUT2D eigenvalue weighted by Gasteiger charge is 2.07. The summed E-state index contributed by atoms with van der Waals surface area (Å²) in [5, 5.41) is 0. The molecular weight excluding hydrogens is 280 g/mol. The van der Waals surface area contributed by atoms with Gasteiger partial charge < -0.3 is 0 Å². The topological polar surface area (TPSA) is 17.1 Å². The SMILES string of the molecule is C=C(CCl)Cc1ccccc1CCC(=O)CCCCCC. The largest absolute Gasteiger partial charge is 0.300 e. The molecule has 0 saturated carbocycles. The molecule has 0 aliphatic heterocycles. The number of allylic oxidation sites excluding steroid dienone is 1. The maximum absolute atomic E-state index is 11.9. The van der Waals surface area contributed by atoms with Crippen LogP contribution in [0.3, 0.4) is 0 Å². The molecule has 2 heteroatoms. The molecular formula is C19H27ClO. The third-order valence-corrected chi connectivity index (χ3v) is 4.11. The van der Waals surface area contributed by atoms with Gasteiger partial charge in [-0.1, -0.05) is 62.6 Å². The first-order chi connectivity index (χ1) is 10.2. The van der Waals surface area contributed by atoms with Crippen LogP contribution in [0, 0.1) is 0 Å². The number of aryl methyl sites for hydroxylation is 1. The van der Waals surface area contributed by atoms with Crippen LogP contribution in [0.4, 0.5) is 0 Å². The van der Waals surface area contributed by atoms with E-state index in [4.69, 9.17) is 11.6 Å². The van der Waals surface area contributed by atoms with Gasteiger partial charge in [0.1, 0.15) is 5.78 Å². The summed E-state index contributed by atoms with van der Waals surface area (Å²) in [6, 6.07) is 8.29. The van der Waals surface area contributed by atoms with Gasteiger partial charge in [0, 0.05) is 18.7 Å². The standard InChI is InChI=1S/C19H27ClO/c1-3-4-5-6-11-19(21)13-12-17-9-7-8-10-18(17)14-16(2)15-20/h7-10H,2-6,11-15H2,1H3. The Morgan fingerprint density at radius 2 is 1.81 bits per heavy atom. The van der Waals surface area contributed by atoms with Crippen molar-refractivity contribution in [3.63, 3.8) is 0 Å². The molecule has 0 amide bonds. The third-order valence-electron chi connectivity index (χ3n) is 3.73. The molecule has 0 fully saturated rings. The molecule has 21 heavy (non-hydrogen) atoms. The van der Waals surface area contributed by atoms with E-state index >= 15 is 0 Å². The maximum Gasteiger partial charge on any atom is 0.133 e. The minimum absolute atomic E-state index is 0.386. The number of rotatable bonds is 11. The molecule has 0 heterocycles. The molecule has 116 valence electrons. The van der Waals surface area contributed by atoms with E-state index in [0.717, 1.165) is 31.3 Å². The van der Waals surface area contributed by atoms with Crippen LogP contribution in [0.25, 0.3) is 0 Å². The highest BCUT2D eigenvalue weighted by atomic mass is 35.5. The summed E-state index contributed by atoms with van der Waals surface area (Å²) in [5.74, 6) is 0.877. The molecule has 1 nitrogen and oxygen atoms in total. The van der Waals surface area contributed by atoms with Crippen molar-refractivity contribution in [1.29, 1.82) is 0 Å². The molecule has 0 radical (unpaired) electrons. The summed E-state index contributed by atoms with van der Waals surface area (Å²) >= 11 is 5.81. The van der Waals surface area contributed by atoms with Crippen LogP contribution in [0.5, 0.6) is 0 Å². The second-order valence-corrected chi connectivity index (χ2v) is 5.95. The second kappa shape index (κ2) is 10.6. The lowest BCUT2D eigenvalue weighted by Gasteiger charge is -2.10. The normalized spacial score (nSPS) is 10.6. The number of halogens is 1. The molecule has 0 unspecified atom stereocenters. The average molecular weight is 307 g/mol. The summed E-state index contributed by atoms with van der Waals surface area (Å²) in [5.41, 5.74) is 3.53. The van der Waals surface area contributed by atoms with Gasteiger partial charge in [0.2, 0.25) is 0 Å². The Labute approximate surface area is 134 Å². The van der Waals surface area contributed by atoms with Crippen LogP contribution in [0.1, 0.15) is 56.6 Å². The van der Waals surface area contributed by atoms with Crippen molar-refractivity contribution in [2.24, 2.45) is 0 Å². The van der Waals surface area contributed by atoms with E-state index in [2.05, 4.69) is 25.6 Å². The molecule has 0 aliphatic rings. The number of ketones is 1. The van der Waals surface area contributed by atoms with Gasteiger partial charge in [-0.25, -0.2) is 0 Å². The summed E-state index contributed by atoms with van der Waals surface area (Å²) in [7, 11) is 0. The smallest absolute Gasteiger partial charge is 0.133 e. The van der Waals surface area contributed by atoms with Crippen molar-refractivity contribution in [3.8, 4) is 0 Å². The third kappa shape index (κ3) is 7.47. The zero-order valence-corrected chi connectivity index (χ0v) is 13.9. The first kappa shape index (κ1) is 18.0. The first-order valence-corrected chi connectivity index (χ1v) is 8.52. The van der Waals surface area contributed by atoms with E-state index in [1.54, 1.807) is 0 Å². The van der Waals surface area contributed by atoms with Crippen molar-refractivity contribution >= 4 is 17.4 Å². The number of unbranched alkanes of at least 4 members (excludes halogenated alkanes) is 3. The molecule has 1 aromatic rings. The van der Waals surface area contributed by atoms with E-state index in [-0.39, 0.29) is 0 Å². The molecule has 0 bridgehead atoms. The van der Waals surface area contributed by atoms with E-state index in [1.807, 2.05) is 12.1 Å². The van der Waals surface area contributed by atoms with Crippen molar-refractivity contribution in [1.82, 2.24) is 0 Å². The van der Waals surface area contributed by atoms with Crippen LogP contribution >= 0.6 is 11.6 Å². The number of Topliss-reactive ketones (excluding diaryl/α,β-unsaturated/α-hetero) is 1. The van der Waals surface area contributed by atoms with Crippen LogP contribution < -0.4 is 0 Å². The number of benzene rings is 1. The van der Waals surface area contributed by atoms with Crippen molar-refractivity contribution in [3.05, 3.63) is 47.5 Å². The Morgan fingerprint density at radius 3 is 2.48 bits per heavy atom. The lowest BCUT2D eigenvalue weighted by atomic mass is 9.96. The molecule has 0 spiro atoms. The minimum Gasteiger partial charge on any atom is -0.300 e. The summed E-state index contributed by atoms with van der Waals surface area (Å²) in [4.78, 5) is 11.9. The number of hydrogen-bond donors (Lipinski definition) is 0. The van der Waals surface area contributed by atoms with Gasteiger partial charge in [0.25, 0.3) is 0 Å². The lowest BCUT2D eigenvalue weighted by Crippen LogP contribution is -2.03. The zero-order valence-electron chi connectivity index (χ0n) is 13.2. The van der Waals surface area contributed by atoms with Crippen LogP contribution in [0.2, 0.25) is 0 Å². The van der Waals surface area contributed by atoms with E-state index in [1.165, 1.54) is 30.4 Å². The van der Waals surface area contributed by atoms with E-state index in [0.29, 0.717) is 18.1 Å². The van der Waals surface area contributed by atoms with Crippen LogP contribution in [-0.4, -0.2) is 11.7 Å². The average Bonchev–Trinajstić information content (AvgIpc) is 2.50. The molecule has 0 N–H and O–H groups in total. The van der Waals surface area contributed by atoms with Gasteiger partial charge in [0.15, 0.2) is 0 Å². The summed E-state index contributed by atoms with van der Waals surface area (Å²) in [6.07, 6.45) is 7.68. The Hall–Kier alpha value is -1.08. The van der Waals surface area contributed by atoms with Gasteiger partial charge in [-0.15, -0.1) is 11.6 Å². The lowest BCUT2D eigenvalue weighted by molar-refractivity contribution is -0.119. The quantitative estimate of drug-likeness (QED) is 0.300. The fourth-order valence-electron chi connectivity index (χ4n) is 2.44. The van der Waals surface area contributed by atoms with Gasteiger partial charge in [-0.05, 0) is 30.4 Å². The Kier molecular flexibility index (Phi) is 9.09. The van der Waals surface area contributed by atoms with Gasteiger partial charge in [-0.2, -0.15) is 0 Å². The van der Waals surface area contributed by atoms with Crippen molar-refractivity contribution in [2.75, 3.05) is 5.88 Å². The molecule has 1 aromatic carbocycles. The first-order valence-electron chi connectivity index (χ1n) is 7.98. The molecule has 0 atom stereocenters. The zero-order chi connectivity index (χ0) is 15.5. The second-order valence-electron chi connectivity index (χ2n) is 5.68. The highest BCUT2D eigenvalue weighted by Crippen LogP contribution is 2.16. The highest BCUT2D eigenvalue weighted by molar-refractivity contribution is 6.19. The van der Waals surface area contributed by atoms with Crippen LogP contribution in [0.15, 0.2) is 36.4 Å². The molecule has 0 aromatic heterocycles. The van der Waals surface area contributed by atoms with E-state index in [9.17, 15) is 4.79 Å². The Bertz CT molecular complexity index is 451. The Morgan fingerprint density at radius 1 is 1.10 bits per heavy atom. The number of alkyl halides is 1. The number of carbonyl (C=O) groups excluding carboxylic acids is 1. The Balaban J connectivity index is 2.44. The summed E-state index contributed by atoms with van der Waals surface area (Å²) in [6.45, 7) is 6.15. The molecule has 0 aliphatic carbocycles. The van der Waals surface area contributed by atoms with Gasteiger partial charge in [0.05, 0.1) is 0 Å². The predicted molar refractivity (Wildman–Crippen MR) is 92.1 cm³/mol. The fourth-order valence-corrected chi connectivity index (χ4v) is 2.53. The monoisotopic (exact) mass is 306 g/mol. The number of hydrogen-bond acceptors (Lipinski definition) is 1. The van der Waals surface area contributed by atoms with Crippen molar-refractivity contribution < 1.29 is 4.79 Å². The fraction of sp³-hybridized carbons (Fsp3) is 0.526. The predicted octanol–water partition coefficient (Wildman–Crippen LogP) is 5.50. The van der Waals surface area contributed by atoms with Crippen molar-refractivity contribution in [2.45, 2.75) is 58.3 Å². The van der Waals surface area contributed by atoms with Gasteiger partial charge in [-0.3, -0.25) is 4.79 Å². The number of carbonyl (C=O) groups is 1. The van der Waals surface area contributed by atoms with Crippen LogP contribution in [-0.2, 0) is 17.6 Å². The summed E-state index contributed by atoms with van der Waals surface area (Å²) < 4.78 is 0. The van der Waals surface area contributed by atoms with Gasteiger partial charge >= 0.3 is 0 Å².